The van der Waals surface area contributed by atoms with Gasteiger partial charge in [-0.25, -0.2) is 9.97 Å². The van der Waals surface area contributed by atoms with Crippen LogP contribution in [-0.4, -0.2) is 15.7 Å². The van der Waals surface area contributed by atoms with Crippen LogP contribution in [0.4, 0.5) is 19.1 Å². The van der Waals surface area contributed by atoms with Crippen LogP contribution in [0.3, 0.4) is 0 Å². The molecular formula is C10H14F3N3S. The SMILES string of the molecule is CCCCCSc1cc(C(F)(F)F)nc(N)n1. The Morgan fingerprint density at radius 1 is 1.29 bits per heavy atom. The van der Waals surface area contributed by atoms with Gasteiger partial charge in [-0.3, -0.25) is 0 Å². The molecule has 0 saturated heterocycles. The van der Waals surface area contributed by atoms with Gasteiger partial charge in [-0.05, 0) is 12.2 Å². The molecule has 17 heavy (non-hydrogen) atoms. The van der Waals surface area contributed by atoms with Crippen LogP contribution < -0.4 is 5.73 Å². The number of alkyl halides is 3. The summed E-state index contributed by atoms with van der Waals surface area (Å²) in [6.07, 6.45) is -1.40. The van der Waals surface area contributed by atoms with Gasteiger partial charge in [0.25, 0.3) is 0 Å². The van der Waals surface area contributed by atoms with Crippen LogP contribution in [-0.2, 0) is 6.18 Å². The predicted octanol–water partition coefficient (Wildman–Crippen LogP) is 3.36. The van der Waals surface area contributed by atoms with Crippen molar-refractivity contribution in [2.24, 2.45) is 0 Å². The average Bonchev–Trinajstić information content (AvgIpc) is 2.22. The monoisotopic (exact) mass is 265 g/mol. The van der Waals surface area contributed by atoms with Gasteiger partial charge in [-0.2, -0.15) is 13.2 Å². The van der Waals surface area contributed by atoms with Gasteiger partial charge in [-0.1, -0.05) is 19.8 Å². The predicted molar refractivity (Wildman–Crippen MR) is 61.7 cm³/mol. The van der Waals surface area contributed by atoms with E-state index in [1.165, 1.54) is 11.8 Å². The first-order valence-electron chi connectivity index (χ1n) is 5.28. The molecular weight excluding hydrogens is 251 g/mol. The summed E-state index contributed by atoms with van der Waals surface area (Å²) in [7, 11) is 0. The van der Waals surface area contributed by atoms with Crippen molar-refractivity contribution in [1.29, 1.82) is 0 Å². The third-order valence-corrected chi connectivity index (χ3v) is 3.01. The third kappa shape index (κ3) is 4.80. The summed E-state index contributed by atoms with van der Waals surface area (Å²) in [5, 5.41) is 0.279. The Hall–Kier alpha value is -0.980. The van der Waals surface area contributed by atoms with Crippen molar-refractivity contribution < 1.29 is 13.2 Å². The van der Waals surface area contributed by atoms with Crippen molar-refractivity contribution in [3.63, 3.8) is 0 Å². The molecule has 1 rings (SSSR count). The van der Waals surface area contributed by atoms with E-state index in [1.807, 2.05) is 0 Å². The number of thioether (sulfide) groups is 1. The molecule has 0 saturated carbocycles. The number of hydrogen-bond donors (Lipinski definition) is 1. The van der Waals surface area contributed by atoms with E-state index in [0.29, 0.717) is 0 Å². The maximum absolute atomic E-state index is 12.4. The number of nitrogens with two attached hydrogens (primary N) is 1. The van der Waals surface area contributed by atoms with Crippen molar-refractivity contribution in [1.82, 2.24) is 9.97 Å². The van der Waals surface area contributed by atoms with E-state index in [1.54, 1.807) is 0 Å². The lowest BCUT2D eigenvalue weighted by Gasteiger charge is -2.08. The van der Waals surface area contributed by atoms with E-state index < -0.39 is 11.9 Å². The molecule has 7 heteroatoms. The summed E-state index contributed by atoms with van der Waals surface area (Å²) < 4.78 is 37.3. The Bertz CT molecular complexity index is 368. The van der Waals surface area contributed by atoms with Crippen LogP contribution in [0.25, 0.3) is 0 Å². The summed E-state index contributed by atoms with van der Waals surface area (Å²) in [6, 6.07) is 0.937. The zero-order valence-corrected chi connectivity index (χ0v) is 10.2. The Labute approximate surface area is 102 Å². The molecule has 0 aliphatic carbocycles. The Morgan fingerprint density at radius 3 is 2.59 bits per heavy atom. The maximum Gasteiger partial charge on any atom is 0.433 e. The normalized spacial score (nSPS) is 11.8. The van der Waals surface area contributed by atoms with Crippen LogP contribution in [0.2, 0.25) is 0 Å². The van der Waals surface area contributed by atoms with Crippen molar-refractivity contribution in [3.8, 4) is 0 Å². The molecule has 0 aliphatic heterocycles. The van der Waals surface area contributed by atoms with Crippen LogP contribution >= 0.6 is 11.8 Å². The molecule has 0 bridgehead atoms. The molecule has 3 nitrogen and oxygen atoms in total. The van der Waals surface area contributed by atoms with Gasteiger partial charge >= 0.3 is 6.18 Å². The van der Waals surface area contributed by atoms with Crippen molar-refractivity contribution in [3.05, 3.63) is 11.8 Å². The summed E-state index contributed by atoms with van der Waals surface area (Å²) in [4.78, 5) is 6.95. The fourth-order valence-corrected chi connectivity index (χ4v) is 2.10. The Balaban J connectivity index is 2.69. The number of nitrogen functional groups attached to an aromatic ring is 1. The van der Waals surface area contributed by atoms with Crippen molar-refractivity contribution in [2.75, 3.05) is 11.5 Å². The number of unbranched alkanes of at least 4 members (excludes halogenated alkanes) is 2. The summed E-state index contributed by atoms with van der Waals surface area (Å²) >= 11 is 1.27. The highest BCUT2D eigenvalue weighted by Gasteiger charge is 2.33. The van der Waals surface area contributed by atoms with Gasteiger partial charge in [-0.15, -0.1) is 11.8 Å². The lowest BCUT2D eigenvalue weighted by Crippen LogP contribution is -2.11. The molecule has 0 amide bonds. The highest BCUT2D eigenvalue weighted by atomic mass is 32.2. The molecule has 1 aromatic rings. The summed E-state index contributed by atoms with van der Waals surface area (Å²) in [6.45, 7) is 2.06. The van der Waals surface area contributed by atoms with E-state index in [4.69, 9.17) is 5.73 Å². The molecule has 0 spiro atoms. The van der Waals surface area contributed by atoms with Crippen molar-refractivity contribution >= 4 is 17.7 Å². The maximum atomic E-state index is 12.4. The second-order valence-corrected chi connectivity index (χ2v) is 4.62. The van der Waals surface area contributed by atoms with Crippen LogP contribution in [0.5, 0.6) is 0 Å². The van der Waals surface area contributed by atoms with Gasteiger partial charge in [0, 0.05) is 6.07 Å². The van der Waals surface area contributed by atoms with Gasteiger partial charge in [0.05, 0.1) is 0 Å². The van der Waals surface area contributed by atoms with E-state index in [2.05, 4.69) is 16.9 Å². The lowest BCUT2D eigenvalue weighted by molar-refractivity contribution is -0.141. The van der Waals surface area contributed by atoms with Crippen LogP contribution in [0.15, 0.2) is 11.1 Å². The number of aromatic nitrogens is 2. The minimum atomic E-state index is -4.48. The number of hydrogen-bond acceptors (Lipinski definition) is 4. The summed E-state index contributed by atoms with van der Waals surface area (Å²) in [5.41, 5.74) is 4.27. The molecule has 0 fully saturated rings. The third-order valence-electron chi connectivity index (χ3n) is 2.01. The molecule has 1 heterocycles. The zero-order valence-electron chi connectivity index (χ0n) is 9.42. The van der Waals surface area contributed by atoms with Crippen molar-refractivity contribution in [2.45, 2.75) is 37.4 Å². The lowest BCUT2D eigenvalue weighted by atomic mass is 10.3. The largest absolute Gasteiger partial charge is 0.433 e. The van der Waals surface area contributed by atoms with Gasteiger partial charge in [0.15, 0.2) is 5.69 Å². The van der Waals surface area contributed by atoms with E-state index >= 15 is 0 Å². The second-order valence-electron chi connectivity index (χ2n) is 3.50. The first-order valence-corrected chi connectivity index (χ1v) is 6.26. The van der Waals surface area contributed by atoms with Gasteiger partial charge in [0.2, 0.25) is 5.95 Å². The quantitative estimate of drug-likeness (QED) is 0.504. The number of rotatable bonds is 5. The smallest absolute Gasteiger partial charge is 0.368 e. The molecule has 2 N–H and O–H groups in total. The molecule has 1 aromatic heterocycles. The van der Waals surface area contributed by atoms with E-state index in [0.717, 1.165) is 31.1 Å². The molecule has 0 aliphatic rings. The number of halogens is 3. The van der Waals surface area contributed by atoms with E-state index in [-0.39, 0.29) is 11.0 Å². The zero-order chi connectivity index (χ0) is 12.9. The molecule has 0 aromatic carbocycles. The van der Waals surface area contributed by atoms with Gasteiger partial charge in [0.1, 0.15) is 5.03 Å². The molecule has 0 radical (unpaired) electrons. The summed E-state index contributed by atoms with van der Waals surface area (Å²) in [5.74, 6) is 0.402. The Kier molecular flexibility index (Phi) is 5.04. The topological polar surface area (TPSA) is 51.8 Å². The molecule has 0 unspecified atom stereocenters. The van der Waals surface area contributed by atoms with Gasteiger partial charge < -0.3 is 5.73 Å². The first kappa shape index (κ1) is 14.1. The Morgan fingerprint density at radius 2 is 2.00 bits per heavy atom. The molecule has 0 atom stereocenters. The second kappa shape index (κ2) is 6.09. The number of anilines is 1. The first-order chi connectivity index (χ1) is 7.93. The average molecular weight is 265 g/mol. The van der Waals surface area contributed by atoms with Crippen LogP contribution in [0, 0.1) is 0 Å². The van der Waals surface area contributed by atoms with E-state index in [9.17, 15) is 13.2 Å². The number of nitrogens with zero attached hydrogens (tertiary/aromatic N) is 2. The highest BCUT2D eigenvalue weighted by molar-refractivity contribution is 7.99. The van der Waals surface area contributed by atoms with Crippen LogP contribution in [0.1, 0.15) is 31.9 Å². The standard InChI is InChI=1S/C10H14F3N3S/c1-2-3-4-5-17-8-6-7(10(11,12)13)15-9(14)16-8/h6H,2-5H2,1H3,(H2,14,15,16). The minimum absolute atomic E-state index is 0.279. The fraction of sp³-hybridized carbons (Fsp3) is 0.600. The fourth-order valence-electron chi connectivity index (χ4n) is 1.19. The molecule has 96 valence electrons. The highest BCUT2D eigenvalue weighted by Crippen LogP contribution is 2.30. The minimum Gasteiger partial charge on any atom is -0.368 e.